The maximum atomic E-state index is 14.1. The van der Waals surface area contributed by atoms with Crippen LogP contribution in [0.25, 0.3) is 0 Å². The van der Waals surface area contributed by atoms with Crippen LogP contribution >= 0.6 is 0 Å². The lowest BCUT2D eigenvalue weighted by molar-refractivity contribution is -0.255. The molecule has 12 bridgehead atoms. The third-order valence-electron chi connectivity index (χ3n) is 12.6. The first-order valence-corrected chi connectivity index (χ1v) is 13.9. The van der Waals surface area contributed by atoms with E-state index in [1.165, 1.54) is 19.3 Å². The van der Waals surface area contributed by atoms with E-state index >= 15 is 0 Å². The second kappa shape index (κ2) is 6.56. The Morgan fingerprint density at radius 3 is 1.82 bits per heavy atom. The predicted octanol–water partition coefficient (Wildman–Crippen LogP) is 5.39. The molecule has 0 saturated heterocycles. The quantitative estimate of drug-likeness (QED) is 0.502. The fourth-order valence-corrected chi connectivity index (χ4v) is 12.4. The smallest absolute Gasteiger partial charge is 0.373 e. The van der Waals surface area contributed by atoms with Crippen molar-refractivity contribution in [1.82, 2.24) is 0 Å². The van der Waals surface area contributed by atoms with Crippen molar-refractivity contribution in [2.75, 3.05) is 6.61 Å². The highest BCUT2D eigenvalue weighted by Crippen LogP contribution is 2.75. The van der Waals surface area contributed by atoms with Crippen LogP contribution in [0.5, 0.6) is 0 Å². The van der Waals surface area contributed by atoms with Gasteiger partial charge in [-0.2, -0.15) is 8.78 Å². The molecule has 0 radical (unpaired) electrons. The summed E-state index contributed by atoms with van der Waals surface area (Å²) in [5, 5.41) is 0. The van der Waals surface area contributed by atoms with Gasteiger partial charge in [-0.15, -0.1) is 0 Å². The Bertz CT molecular complexity index is 870. The van der Waals surface area contributed by atoms with Crippen molar-refractivity contribution in [2.45, 2.75) is 89.1 Å². The van der Waals surface area contributed by atoms with Crippen LogP contribution in [-0.4, -0.2) is 30.6 Å². The monoisotopic (exact) mass is 474 g/mol. The number of hydrogen-bond acceptors (Lipinski definition) is 4. The summed E-state index contributed by atoms with van der Waals surface area (Å²) in [6.07, 6.45) is 9.73. The lowest BCUT2D eigenvalue weighted by Crippen LogP contribution is -2.67. The molecule has 11 rings (SSSR count). The summed E-state index contributed by atoms with van der Waals surface area (Å²) in [5.41, 5.74) is -1.04. The second-order valence-electron chi connectivity index (χ2n) is 14.4. The molecule has 11 saturated carbocycles. The zero-order valence-corrected chi connectivity index (χ0v) is 19.9. The van der Waals surface area contributed by atoms with Gasteiger partial charge in [0.1, 0.15) is 5.60 Å². The summed E-state index contributed by atoms with van der Waals surface area (Å²) in [6.45, 7) is 0.0477. The molecule has 0 aliphatic heterocycles. The van der Waals surface area contributed by atoms with Gasteiger partial charge >= 0.3 is 18.4 Å². The fraction of sp³-hybridized carbons (Fsp3) is 0.929. The molecule has 0 N–H and O–H groups in total. The van der Waals surface area contributed by atoms with Crippen LogP contribution < -0.4 is 0 Å². The molecule has 34 heavy (non-hydrogen) atoms. The van der Waals surface area contributed by atoms with Gasteiger partial charge in [0, 0.05) is 5.41 Å². The summed E-state index contributed by atoms with van der Waals surface area (Å²) < 4.78 is 37.3. The van der Waals surface area contributed by atoms with Crippen molar-refractivity contribution in [3.63, 3.8) is 0 Å². The molecule has 0 aromatic rings. The molecule has 6 heteroatoms. The molecule has 186 valence electrons. The SMILES string of the molecule is O=C(OCC12CC3CC(C1)CC(OC(=O)C14CC5C6CC7CC5C(C1)C(C7)C6C4)(C3)C2)C(F)F. The van der Waals surface area contributed by atoms with Gasteiger partial charge in [-0.3, -0.25) is 4.79 Å². The standard InChI is InChI=1S/C28H36F2O4/c29-23(30)24(31)33-13-26-5-15-1-16(6-26)8-28(7-15,12-26)34-25(32)27-9-20-17-2-14-3-18(20)22(11-27)19(4-14)21(17)10-27/h14-23H,1-13H2. The van der Waals surface area contributed by atoms with E-state index in [2.05, 4.69) is 0 Å². The van der Waals surface area contributed by atoms with Crippen LogP contribution in [-0.2, 0) is 19.1 Å². The first kappa shape index (κ1) is 20.9. The lowest BCUT2D eigenvalue weighted by atomic mass is 9.33. The molecule has 0 aromatic carbocycles. The Morgan fingerprint density at radius 1 is 0.735 bits per heavy atom. The van der Waals surface area contributed by atoms with E-state index in [1.807, 2.05) is 0 Å². The van der Waals surface area contributed by atoms with Crippen molar-refractivity contribution in [3.8, 4) is 0 Å². The fourth-order valence-electron chi connectivity index (χ4n) is 12.4. The van der Waals surface area contributed by atoms with Crippen molar-refractivity contribution >= 4 is 11.9 Å². The van der Waals surface area contributed by atoms with E-state index < -0.39 is 18.0 Å². The van der Waals surface area contributed by atoms with Gasteiger partial charge in [-0.05, 0) is 130 Å². The highest BCUT2D eigenvalue weighted by Gasteiger charge is 2.70. The normalized spacial score (nSPS) is 57.0. The van der Waals surface area contributed by atoms with Crippen LogP contribution in [0.4, 0.5) is 8.78 Å². The van der Waals surface area contributed by atoms with Crippen molar-refractivity contribution in [1.29, 1.82) is 0 Å². The van der Waals surface area contributed by atoms with Crippen molar-refractivity contribution in [3.05, 3.63) is 0 Å². The minimum Gasteiger partial charge on any atom is -0.461 e. The van der Waals surface area contributed by atoms with Crippen LogP contribution in [0.1, 0.15) is 77.0 Å². The second-order valence-corrected chi connectivity index (χ2v) is 14.4. The van der Waals surface area contributed by atoms with E-state index in [4.69, 9.17) is 9.47 Å². The number of carbonyl (C=O) groups excluding carboxylic acids is 2. The molecule has 2 unspecified atom stereocenters. The average molecular weight is 475 g/mol. The Hall–Kier alpha value is -1.20. The molecular formula is C28H36F2O4. The summed E-state index contributed by atoms with van der Waals surface area (Å²) in [4.78, 5) is 25.6. The van der Waals surface area contributed by atoms with Gasteiger partial charge in [0.2, 0.25) is 0 Å². The maximum absolute atomic E-state index is 14.1. The zero-order chi connectivity index (χ0) is 23.0. The van der Waals surface area contributed by atoms with Crippen molar-refractivity contribution in [2.24, 2.45) is 64.1 Å². The predicted molar refractivity (Wildman–Crippen MR) is 117 cm³/mol. The van der Waals surface area contributed by atoms with Crippen molar-refractivity contribution < 1.29 is 27.8 Å². The molecule has 4 nitrogen and oxygen atoms in total. The topological polar surface area (TPSA) is 52.6 Å². The highest BCUT2D eigenvalue weighted by molar-refractivity contribution is 5.78. The maximum Gasteiger partial charge on any atom is 0.373 e. The Kier molecular flexibility index (Phi) is 4.04. The van der Waals surface area contributed by atoms with E-state index in [-0.39, 0.29) is 23.4 Å². The molecule has 11 aliphatic rings. The van der Waals surface area contributed by atoms with Gasteiger partial charge in [-0.25, -0.2) is 4.79 Å². The molecule has 0 amide bonds. The summed E-state index contributed by atoms with van der Waals surface area (Å²) in [7, 11) is 0. The number of hydrogen-bond donors (Lipinski definition) is 0. The molecular weight excluding hydrogens is 438 g/mol. The van der Waals surface area contributed by atoms with Gasteiger partial charge < -0.3 is 9.47 Å². The summed E-state index contributed by atoms with van der Waals surface area (Å²) in [5.74, 6) is 5.35. The number of rotatable bonds is 5. The van der Waals surface area contributed by atoms with Crippen LogP contribution in [0.15, 0.2) is 0 Å². The molecule has 11 aliphatic carbocycles. The van der Waals surface area contributed by atoms with E-state index in [1.54, 1.807) is 0 Å². The Morgan fingerprint density at radius 2 is 1.29 bits per heavy atom. The Balaban J connectivity index is 1.04. The Labute approximate surface area is 199 Å². The van der Waals surface area contributed by atoms with E-state index in [9.17, 15) is 18.4 Å². The third kappa shape index (κ3) is 2.69. The van der Waals surface area contributed by atoms with E-state index in [0.29, 0.717) is 18.3 Å². The van der Waals surface area contributed by atoms with Crippen LogP contribution in [0.2, 0.25) is 0 Å². The van der Waals surface area contributed by atoms with Crippen LogP contribution in [0.3, 0.4) is 0 Å². The third-order valence-corrected chi connectivity index (χ3v) is 12.6. The van der Waals surface area contributed by atoms with E-state index in [0.717, 1.165) is 92.8 Å². The molecule has 0 aromatic heterocycles. The molecule has 2 atom stereocenters. The summed E-state index contributed by atoms with van der Waals surface area (Å²) in [6, 6.07) is 0. The average Bonchev–Trinajstić information content (AvgIpc) is 2.79. The number of ether oxygens (including phenoxy) is 2. The highest BCUT2D eigenvalue weighted by atomic mass is 19.3. The minimum atomic E-state index is -3.08. The molecule has 11 fully saturated rings. The number of carbonyl (C=O) groups is 2. The zero-order valence-electron chi connectivity index (χ0n) is 19.9. The lowest BCUT2D eigenvalue weighted by Gasteiger charge is -2.72. The first-order valence-electron chi connectivity index (χ1n) is 13.9. The largest absolute Gasteiger partial charge is 0.461 e. The number of halogens is 2. The minimum absolute atomic E-state index is 0.0477. The first-order chi connectivity index (χ1) is 16.3. The van der Waals surface area contributed by atoms with Gasteiger partial charge in [0.25, 0.3) is 0 Å². The number of alkyl halides is 2. The van der Waals surface area contributed by atoms with Gasteiger partial charge in [0.15, 0.2) is 0 Å². The van der Waals surface area contributed by atoms with Gasteiger partial charge in [-0.1, -0.05) is 0 Å². The van der Waals surface area contributed by atoms with Crippen LogP contribution in [0, 0.1) is 64.1 Å². The number of esters is 2. The molecule has 0 spiro atoms. The summed E-state index contributed by atoms with van der Waals surface area (Å²) >= 11 is 0. The van der Waals surface area contributed by atoms with Gasteiger partial charge in [0.05, 0.1) is 12.0 Å². The molecule has 0 heterocycles.